The van der Waals surface area contributed by atoms with Gasteiger partial charge in [-0.15, -0.1) is 0 Å². The van der Waals surface area contributed by atoms with Crippen LogP contribution in [0.5, 0.6) is 5.75 Å². The fraction of sp³-hybridized carbons (Fsp3) is 0.263. The van der Waals surface area contributed by atoms with Crippen LogP contribution in [0.1, 0.15) is 35.8 Å². The van der Waals surface area contributed by atoms with Gasteiger partial charge < -0.3 is 15.4 Å². The largest absolute Gasteiger partial charge is 0.496 e. The SMILES string of the molecule is COc1ccc([C@@H](C)NCC(=O)Nc2cccc(C(C)=O)c2)cc1Br. The van der Waals surface area contributed by atoms with Crippen molar-refractivity contribution in [2.75, 3.05) is 19.0 Å². The molecule has 0 radical (unpaired) electrons. The number of rotatable bonds is 7. The van der Waals surface area contributed by atoms with E-state index < -0.39 is 0 Å². The van der Waals surface area contributed by atoms with E-state index in [2.05, 4.69) is 26.6 Å². The second kappa shape index (κ2) is 8.78. The molecule has 0 aliphatic carbocycles. The van der Waals surface area contributed by atoms with Gasteiger partial charge in [-0.05, 0) is 59.6 Å². The molecule has 0 aliphatic heterocycles. The number of amides is 1. The minimum Gasteiger partial charge on any atom is -0.496 e. The van der Waals surface area contributed by atoms with Gasteiger partial charge in [-0.2, -0.15) is 0 Å². The molecule has 1 atom stereocenters. The second-order valence-corrected chi connectivity index (χ2v) is 6.54. The molecule has 0 saturated carbocycles. The molecule has 6 heteroatoms. The Morgan fingerprint density at radius 3 is 2.60 bits per heavy atom. The average molecular weight is 405 g/mol. The lowest BCUT2D eigenvalue weighted by Gasteiger charge is -2.15. The number of carbonyl (C=O) groups is 2. The zero-order valence-corrected chi connectivity index (χ0v) is 16.0. The van der Waals surface area contributed by atoms with Gasteiger partial charge in [0.25, 0.3) is 0 Å². The molecule has 0 heterocycles. The van der Waals surface area contributed by atoms with Crippen LogP contribution in [-0.4, -0.2) is 25.3 Å². The maximum Gasteiger partial charge on any atom is 0.238 e. The summed E-state index contributed by atoms with van der Waals surface area (Å²) in [5.41, 5.74) is 2.22. The van der Waals surface area contributed by atoms with Crippen molar-refractivity contribution in [3.63, 3.8) is 0 Å². The number of ether oxygens (including phenoxy) is 1. The first-order valence-corrected chi connectivity index (χ1v) is 8.67. The van der Waals surface area contributed by atoms with E-state index in [0.29, 0.717) is 11.3 Å². The van der Waals surface area contributed by atoms with Gasteiger partial charge in [0.15, 0.2) is 5.78 Å². The minimum atomic E-state index is -0.167. The minimum absolute atomic E-state index is 0.00323. The number of ketones is 1. The Morgan fingerprint density at radius 1 is 1.20 bits per heavy atom. The van der Waals surface area contributed by atoms with Crippen LogP contribution < -0.4 is 15.4 Å². The summed E-state index contributed by atoms with van der Waals surface area (Å²) < 4.78 is 6.08. The van der Waals surface area contributed by atoms with Crippen LogP contribution in [0.4, 0.5) is 5.69 Å². The van der Waals surface area contributed by atoms with Crippen LogP contribution in [-0.2, 0) is 4.79 Å². The molecule has 0 aromatic heterocycles. The van der Waals surface area contributed by atoms with Gasteiger partial charge in [-0.1, -0.05) is 18.2 Å². The number of nitrogens with one attached hydrogen (secondary N) is 2. The number of benzene rings is 2. The van der Waals surface area contributed by atoms with Gasteiger partial charge >= 0.3 is 0 Å². The summed E-state index contributed by atoms with van der Waals surface area (Å²) in [5, 5.41) is 5.97. The normalized spacial score (nSPS) is 11.7. The molecule has 132 valence electrons. The zero-order valence-electron chi connectivity index (χ0n) is 14.4. The first-order chi connectivity index (χ1) is 11.9. The van der Waals surface area contributed by atoms with E-state index in [-0.39, 0.29) is 24.3 Å². The standard InChI is InChI=1S/C19H21BrN2O3/c1-12(14-7-8-18(25-3)17(20)10-14)21-11-19(24)22-16-6-4-5-15(9-16)13(2)23/h4-10,12,21H,11H2,1-3H3,(H,22,24)/t12-/m1/s1. The number of hydrogen-bond acceptors (Lipinski definition) is 4. The van der Waals surface area contributed by atoms with E-state index in [1.54, 1.807) is 31.4 Å². The molecular weight excluding hydrogens is 384 g/mol. The van der Waals surface area contributed by atoms with Crippen molar-refractivity contribution in [3.8, 4) is 5.75 Å². The van der Waals surface area contributed by atoms with Crippen LogP contribution >= 0.6 is 15.9 Å². The molecule has 0 spiro atoms. The Hall–Kier alpha value is -2.18. The highest BCUT2D eigenvalue weighted by molar-refractivity contribution is 9.10. The number of halogens is 1. The third-order valence-electron chi connectivity index (χ3n) is 3.80. The van der Waals surface area contributed by atoms with Crippen LogP contribution in [0.25, 0.3) is 0 Å². The van der Waals surface area contributed by atoms with Gasteiger partial charge in [0.1, 0.15) is 5.75 Å². The van der Waals surface area contributed by atoms with Crippen molar-refractivity contribution in [2.24, 2.45) is 0 Å². The quantitative estimate of drug-likeness (QED) is 0.685. The summed E-state index contributed by atoms with van der Waals surface area (Å²) in [4.78, 5) is 23.5. The van der Waals surface area contributed by atoms with Crippen molar-refractivity contribution in [1.29, 1.82) is 0 Å². The van der Waals surface area contributed by atoms with E-state index >= 15 is 0 Å². The van der Waals surface area contributed by atoms with Gasteiger partial charge in [0, 0.05) is 17.3 Å². The van der Waals surface area contributed by atoms with E-state index in [1.165, 1.54) is 6.92 Å². The van der Waals surface area contributed by atoms with E-state index in [4.69, 9.17) is 4.74 Å². The fourth-order valence-corrected chi connectivity index (χ4v) is 2.90. The topological polar surface area (TPSA) is 67.4 Å². The molecule has 1 amide bonds. The van der Waals surface area contributed by atoms with E-state index in [0.717, 1.165) is 15.8 Å². The third kappa shape index (κ3) is 5.41. The van der Waals surface area contributed by atoms with Crippen molar-refractivity contribution >= 4 is 33.3 Å². The molecular formula is C19H21BrN2O3. The molecule has 0 unspecified atom stereocenters. The summed E-state index contributed by atoms with van der Waals surface area (Å²) in [7, 11) is 1.62. The van der Waals surface area contributed by atoms with Crippen LogP contribution in [0.15, 0.2) is 46.9 Å². The summed E-state index contributed by atoms with van der Waals surface area (Å²) in [6, 6.07) is 12.7. The molecule has 0 saturated heterocycles. The molecule has 2 aromatic rings. The van der Waals surface area contributed by atoms with Gasteiger partial charge in [-0.3, -0.25) is 9.59 Å². The average Bonchev–Trinajstić information content (AvgIpc) is 2.59. The van der Waals surface area contributed by atoms with E-state index in [1.807, 2.05) is 25.1 Å². The highest BCUT2D eigenvalue weighted by Crippen LogP contribution is 2.27. The smallest absolute Gasteiger partial charge is 0.238 e. The maximum atomic E-state index is 12.1. The lowest BCUT2D eigenvalue weighted by atomic mass is 10.1. The van der Waals surface area contributed by atoms with Crippen molar-refractivity contribution in [1.82, 2.24) is 5.32 Å². The summed E-state index contributed by atoms with van der Waals surface area (Å²) >= 11 is 3.46. The summed E-state index contributed by atoms with van der Waals surface area (Å²) in [6.07, 6.45) is 0. The molecule has 2 aromatic carbocycles. The Kier molecular flexibility index (Phi) is 6.73. The molecule has 2 rings (SSSR count). The summed E-state index contributed by atoms with van der Waals surface area (Å²) in [5.74, 6) is 0.562. The first-order valence-electron chi connectivity index (χ1n) is 7.88. The Labute approximate surface area is 155 Å². The highest BCUT2D eigenvalue weighted by atomic mass is 79.9. The number of methoxy groups -OCH3 is 1. The molecule has 25 heavy (non-hydrogen) atoms. The van der Waals surface area contributed by atoms with Crippen LogP contribution in [0.3, 0.4) is 0 Å². The molecule has 0 fully saturated rings. The lowest BCUT2D eigenvalue weighted by Crippen LogP contribution is -2.30. The van der Waals surface area contributed by atoms with Gasteiger partial charge in [0.05, 0.1) is 18.1 Å². The monoisotopic (exact) mass is 404 g/mol. The number of carbonyl (C=O) groups excluding carboxylic acids is 2. The number of anilines is 1. The third-order valence-corrected chi connectivity index (χ3v) is 4.42. The number of hydrogen-bond donors (Lipinski definition) is 2. The lowest BCUT2D eigenvalue weighted by molar-refractivity contribution is -0.115. The van der Waals surface area contributed by atoms with Crippen LogP contribution in [0, 0.1) is 0 Å². The van der Waals surface area contributed by atoms with Gasteiger partial charge in [0.2, 0.25) is 5.91 Å². The Bertz CT molecular complexity index is 777. The van der Waals surface area contributed by atoms with Crippen molar-refractivity contribution in [3.05, 3.63) is 58.1 Å². The number of Topliss-reactive ketones (excluding diaryl/α,β-unsaturated/α-hetero) is 1. The Morgan fingerprint density at radius 2 is 1.96 bits per heavy atom. The maximum absolute atomic E-state index is 12.1. The predicted molar refractivity (Wildman–Crippen MR) is 102 cm³/mol. The van der Waals surface area contributed by atoms with Crippen molar-refractivity contribution < 1.29 is 14.3 Å². The van der Waals surface area contributed by atoms with Crippen LogP contribution in [0.2, 0.25) is 0 Å². The van der Waals surface area contributed by atoms with E-state index in [9.17, 15) is 9.59 Å². The fourth-order valence-electron chi connectivity index (χ4n) is 2.34. The predicted octanol–water partition coefficient (Wildman–Crippen LogP) is 3.95. The first kappa shape index (κ1) is 19.1. The Balaban J connectivity index is 1.92. The summed E-state index contributed by atoms with van der Waals surface area (Å²) in [6.45, 7) is 3.64. The molecule has 0 aliphatic rings. The zero-order chi connectivity index (χ0) is 18.4. The molecule has 2 N–H and O–H groups in total. The van der Waals surface area contributed by atoms with Crippen molar-refractivity contribution in [2.45, 2.75) is 19.9 Å². The molecule has 0 bridgehead atoms. The molecule has 5 nitrogen and oxygen atoms in total. The highest BCUT2D eigenvalue weighted by Gasteiger charge is 2.10. The second-order valence-electron chi connectivity index (χ2n) is 5.68. The van der Waals surface area contributed by atoms with Gasteiger partial charge in [-0.25, -0.2) is 0 Å².